The molecule has 0 aromatic carbocycles. The highest BCUT2D eigenvalue weighted by Crippen LogP contribution is 2.26. The van der Waals surface area contributed by atoms with Gasteiger partial charge in [-0.25, -0.2) is 4.98 Å². The van der Waals surface area contributed by atoms with Gasteiger partial charge in [-0.15, -0.1) is 0 Å². The van der Waals surface area contributed by atoms with Gasteiger partial charge in [0.1, 0.15) is 11.6 Å². The van der Waals surface area contributed by atoms with Crippen molar-refractivity contribution in [2.24, 2.45) is 7.05 Å². The Morgan fingerprint density at radius 2 is 2.10 bits per heavy atom. The minimum absolute atomic E-state index is 0.816. The van der Waals surface area contributed by atoms with Crippen molar-refractivity contribution in [1.82, 2.24) is 25.1 Å². The van der Waals surface area contributed by atoms with Crippen molar-refractivity contribution in [3.8, 4) is 11.3 Å². The van der Waals surface area contributed by atoms with E-state index in [0.717, 1.165) is 41.4 Å². The molecule has 0 saturated heterocycles. The van der Waals surface area contributed by atoms with Gasteiger partial charge in [0.2, 0.25) is 0 Å². The summed E-state index contributed by atoms with van der Waals surface area (Å²) >= 11 is 0. The molecule has 3 aromatic rings. The molecule has 3 aromatic heterocycles. The zero-order valence-electron chi connectivity index (χ0n) is 17.8. The van der Waals surface area contributed by atoms with E-state index in [-0.39, 0.29) is 0 Å². The van der Waals surface area contributed by atoms with Crippen LogP contribution in [0.5, 0.6) is 0 Å². The van der Waals surface area contributed by atoms with Crippen molar-refractivity contribution in [2.45, 2.75) is 39.5 Å². The number of nitrogens with one attached hydrogen (secondary N) is 2. The molecule has 1 aliphatic rings. The Labute approximate surface area is 177 Å². The number of allylic oxidation sites excluding steroid dienone is 2. The summed E-state index contributed by atoms with van der Waals surface area (Å²) in [6, 6.07) is 8.38. The molecule has 6 heteroatoms. The minimum Gasteiger partial charge on any atom is -0.349 e. The van der Waals surface area contributed by atoms with Crippen LogP contribution in [-0.4, -0.2) is 19.7 Å². The fourth-order valence-corrected chi connectivity index (χ4v) is 3.25. The average molecular weight is 401 g/mol. The summed E-state index contributed by atoms with van der Waals surface area (Å²) in [6.45, 7) is 4.19. The van der Waals surface area contributed by atoms with Crippen molar-refractivity contribution >= 4 is 5.82 Å². The predicted molar refractivity (Wildman–Crippen MR) is 121 cm³/mol. The van der Waals surface area contributed by atoms with Crippen LogP contribution in [0.3, 0.4) is 0 Å². The summed E-state index contributed by atoms with van der Waals surface area (Å²) in [5.74, 6) is 1.83. The van der Waals surface area contributed by atoms with E-state index in [4.69, 9.17) is 4.98 Å². The van der Waals surface area contributed by atoms with E-state index in [1.165, 1.54) is 29.5 Å². The molecule has 0 atom stereocenters. The second-order valence-corrected chi connectivity index (χ2v) is 7.67. The van der Waals surface area contributed by atoms with Gasteiger partial charge in [0.15, 0.2) is 0 Å². The summed E-state index contributed by atoms with van der Waals surface area (Å²) in [6.07, 6.45) is 14.1. The first-order valence-electron chi connectivity index (χ1n) is 10.4. The van der Waals surface area contributed by atoms with E-state index in [9.17, 15) is 0 Å². The molecule has 1 saturated carbocycles. The van der Waals surface area contributed by atoms with Gasteiger partial charge >= 0.3 is 0 Å². The molecule has 4 rings (SSSR count). The highest BCUT2D eigenvalue weighted by Gasteiger charge is 2.11. The monoisotopic (exact) mass is 400 g/mol. The standard InChI is InChI=1S/C24H28N6/c1-4-5-23(26-14-18-6-7-18)29-24-9-8-20(17(2)28-24)12-19-10-11-25-22(13-19)21-15-27-30(3)16-21/h5,8-11,13-16,26H,4,6-7,12H2,1-3H3,(H,28,29)/b23-5+. The molecule has 3 heterocycles. The molecule has 0 aliphatic heterocycles. The lowest BCUT2D eigenvalue weighted by Crippen LogP contribution is -2.15. The topological polar surface area (TPSA) is 67.7 Å². The molecule has 0 bridgehead atoms. The van der Waals surface area contributed by atoms with Gasteiger partial charge in [0.05, 0.1) is 11.9 Å². The maximum Gasteiger partial charge on any atom is 0.131 e. The third-order valence-corrected chi connectivity index (χ3v) is 5.06. The first-order chi connectivity index (χ1) is 14.6. The summed E-state index contributed by atoms with van der Waals surface area (Å²) < 4.78 is 1.79. The predicted octanol–water partition coefficient (Wildman–Crippen LogP) is 4.71. The molecule has 2 N–H and O–H groups in total. The van der Waals surface area contributed by atoms with Crippen molar-refractivity contribution in [3.05, 3.63) is 83.3 Å². The lowest BCUT2D eigenvalue weighted by molar-refractivity contribution is 0.768. The molecule has 154 valence electrons. The largest absolute Gasteiger partial charge is 0.349 e. The van der Waals surface area contributed by atoms with Gasteiger partial charge in [0.25, 0.3) is 0 Å². The Balaban J connectivity index is 1.47. The molecular formula is C24H28N6. The van der Waals surface area contributed by atoms with E-state index >= 15 is 0 Å². The smallest absolute Gasteiger partial charge is 0.131 e. The van der Waals surface area contributed by atoms with Crippen LogP contribution in [0.15, 0.2) is 66.5 Å². The number of pyridine rings is 2. The first kappa shape index (κ1) is 19.9. The lowest BCUT2D eigenvalue weighted by Gasteiger charge is -2.13. The van der Waals surface area contributed by atoms with Crippen LogP contribution in [0.2, 0.25) is 0 Å². The summed E-state index contributed by atoms with van der Waals surface area (Å²) in [4.78, 5) is 9.27. The second-order valence-electron chi connectivity index (χ2n) is 7.67. The van der Waals surface area contributed by atoms with Crippen LogP contribution < -0.4 is 10.6 Å². The number of anilines is 1. The fourth-order valence-electron chi connectivity index (χ4n) is 3.25. The van der Waals surface area contributed by atoms with Crippen LogP contribution in [-0.2, 0) is 13.5 Å². The SMILES string of the molecule is CC/C=C(\NC=C1CC1)Nc1ccc(Cc2ccnc(-c3cnn(C)c3)c2)c(C)n1. The summed E-state index contributed by atoms with van der Waals surface area (Å²) in [7, 11) is 1.91. The molecule has 0 radical (unpaired) electrons. The zero-order valence-corrected chi connectivity index (χ0v) is 17.8. The molecule has 0 spiro atoms. The van der Waals surface area contributed by atoms with E-state index in [0.29, 0.717) is 0 Å². The Morgan fingerprint density at radius 3 is 2.80 bits per heavy atom. The van der Waals surface area contributed by atoms with E-state index in [1.807, 2.05) is 31.7 Å². The quantitative estimate of drug-likeness (QED) is 0.573. The van der Waals surface area contributed by atoms with Gasteiger partial charge in [-0.2, -0.15) is 5.10 Å². The second kappa shape index (κ2) is 8.95. The van der Waals surface area contributed by atoms with E-state index < -0.39 is 0 Å². The number of aryl methyl sites for hydroxylation is 2. The Kier molecular flexibility index (Phi) is 5.93. The van der Waals surface area contributed by atoms with Gasteiger partial charge in [-0.1, -0.05) is 18.6 Å². The van der Waals surface area contributed by atoms with Crippen LogP contribution >= 0.6 is 0 Å². The number of rotatable bonds is 8. The van der Waals surface area contributed by atoms with Crippen LogP contribution in [0.4, 0.5) is 5.82 Å². The van der Waals surface area contributed by atoms with E-state index in [2.05, 4.69) is 65.0 Å². The maximum absolute atomic E-state index is 4.78. The average Bonchev–Trinajstić information content (AvgIpc) is 3.47. The highest BCUT2D eigenvalue weighted by atomic mass is 15.2. The van der Waals surface area contributed by atoms with Gasteiger partial charge in [-0.3, -0.25) is 9.67 Å². The van der Waals surface area contributed by atoms with Crippen molar-refractivity contribution in [1.29, 1.82) is 0 Å². The van der Waals surface area contributed by atoms with Gasteiger partial charge < -0.3 is 10.6 Å². The van der Waals surface area contributed by atoms with E-state index in [1.54, 1.807) is 4.68 Å². The van der Waals surface area contributed by atoms with Gasteiger partial charge in [-0.05, 0) is 68.0 Å². The minimum atomic E-state index is 0.816. The summed E-state index contributed by atoms with van der Waals surface area (Å²) in [5, 5.41) is 11.0. The van der Waals surface area contributed by atoms with Crippen molar-refractivity contribution in [3.63, 3.8) is 0 Å². The molecule has 0 amide bonds. The van der Waals surface area contributed by atoms with Gasteiger partial charge in [0, 0.05) is 36.9 Å². The van der Waals surface area contributed by atoms with Crippen LogP contribution in [0.1, 0.15) is 43.0 Å². The molecule has 1 aliphatic carbocycles. The normalized spacial score (nSPS) is 13.3. The third-order valence-electron chi connectivity index (χ3n) is 5.06. The number of hydrogen-bond acceptors (Lipinski definition) is 5. The molecule has 0 unspecified atom stereocenters. The third kappa shape index (κ3) is 5.14. The number of aromatic nitrogens is 4. The molecule has 1 fully saturated rings. The Hall–Kier alpha value is -3.41. The number of nitrogens with zero attached hydrogens (tertiary/aromatic N) is 4. The first-order valence-corrected chi connectivity index (χ1v) is 10.4. The summed E-state index contributed by atoms with van der Waals surface area (Å²) in [5.41, 5.74) is 6.86. The molecule has 30 heavy (non-hydrogen) atoms. The molecule has 6 nitrogen and oxygen atoms in total. The highest BCUT2D eigenvalue weighted by molar-refractivity contribution is 5.58. The van der Waals surface area contributed by atoms with Crippen LogP contribution in [0.25, 0.3) is 11.3 Å². The lowest BCUT2D eigenvalue weighted by atomic mass is 10.0. The fraction of sp³-hybridized carbons (Fsp3) is 0.292. The van der Waals surface area contributed by atoms with Crippen molar-refractivity contribution in [2.75, 3.05) is 5.32 Å². The molecular weight excluding hydrogens is 372 g/mol. The maximum atomic E-state index is 4.78. The van der Waals surface area contributed by atoms with Crippen LogP contribution in [0, 0.1) is 6.92 Å². The Bertz CT molecular complexity index is 1090. The Morgan fingerprint density at radius 1 is 1.23 bits per heavy atom. The number of hydrogen-bond donors (Lipinski definition) is 2. The van der Waals surface area contributed by atoms with Crippen molar-refractivity contribution < 1.29 is 0 Å². The zero-order chi connectivity index (χ0) is 20.9.